The normalized spacial score (nSPS) is 22.0. The van der Waals surface area contributed by atoms with Gasteiger partial charge in [0.05, 0.1) is 10.8 Å². The number of carbonyl (C=O) groups is 2. The fourth-order valence-electron chi connectivity index (χ4n) is 2.89. The van der Waals surface area contributed by atoms with Crippen LogP contribution in [-0.2, 0) is 4.79 Å². The van der Waals surface area contributed by atoms with Gasteiger partial charge in [0.15, 0.2) is 0 Å². The Morgan fingerprint density at radius 3 is 2.82 bits per heavy atom. The first-order chi connectivity index (χ1) is 10.5. The number of fused-ring (bicyclic) bond motifs is 1. The van der Waals surface area contributed by atoms with Crippen LogP contribution in [0.5, 0.6) is 0 Å². The van der Waals surface area contributed by atoms with Gasteiger partial charge in [-0.05, 0) is 38.0 Å². The molecule has 2 amide bonds. The molecule has 2 unspecified atom stereocenters. The molecule has 2 N–H and O–H groups in total. The first-order valence-electron chi connectivity index (χ1n) is 7.25. The molecule has 22 heavy (non-hydrogen) atoms. The summed E-state index contributed by atoms with van der Waals surface area (Å²) in [6.45, 7) is 2.30. The lowest BCUT2D eigenvalue weighted by Gasteiger charge is -2.36. The van der Waals surface area contributed by atoms with Gasteiger partial charge in [-0.1, -0.05) is 6.07 Å². The number of nitrogens with two attached hydrogens (primary N) is 1. The lowest BCUT2D eigenvalue weighted by molar-refractivity contribution is -0.123. The third-order valence-corrected chi connectivity index (χ3v) is 5.35. The molecule has 0 bridgehead atoms. The van der Waals surface area contributed by atoms with E-state index in [-0.39, 0.29) is 29.6 Å². The quantitative estimate of drug-likeness (QED) is 0.925. The van der Waals surface area contributed by atoms with Crippen LogP contribution in [0.3, 0.4) is 0 Å². The zero-order valence-electron chi connectivity index (χ0n) is 12.2. The Bertz CT molecular complexity index is 743. The molecule has 1 aliphatic heterocycles. The van der Waals surface area contributed by atoms with Crippen LogP contribution in [0.25, 0.3) is 10.1 Å². The van der Waals surface area contributed by atoms with E-state index in [1.165, 1.54) is 17.4 Å². The summed E-state index contributed by atoms with van der Waals surface area (Å²) >= 11 is 1.28. The number of piperidine rings is 1. The Morgan fingerprint density at radius 2 is 2.14 bits per heavy atom. The number of rotatable bonds is 2. The van der Waals surface area contributed by atoms with Crippen molar-refractivity contribution in [3.63, 3.8) is 0 Å². The number of hydrogen-bond donors (Lipinski definition) is 1. The van der Waals surface area contributed by atoms with E-state index in [0.717, 1.165) is 11.1 Å². The summed E-state index contributed by atoms with van der Waals surface area (Å²) in [5.41, 5.74) is 5.37. The zero-order valence-corrected chi connectivity index (χ0v) is 13.0. The van der Waals surface area contributed by atoms with Crippen molar-refractivity contribution in [1.82, 2.24) is 4.90 Å². The smallest absolute Gasteiger partial charge is 0.264 e. The van der Waals surface area contributed by atoms with E-state index >= 15 is 0 Å². The lowest BCUT2D eigenvalue weighted by atomic mass is 9.93. The molecule has 1 fully saturated rings. The summed E-state index contributed by atoms with van der Waals surface area (Å²) in [6, 6.07) is 6.47. The third kappa shape index (κ3) is 2.59. The molecule has 1 aromatic carbocycles. The van der Waals surface area contributed by atoms with E-state index in [4.69, 9.17) is 5.73 Å². The van der Waals surface area contributed by atoms with Crippen LogP contribution in [0.4, 0.5) is 4.39 Å². The highest BCUT2D eigenvalue weighted by molar-refractivity contribution is 7.20. The van der Waals surface area contributed by atoms with E-state index in [1.54, 1.807) is 23.1 Å². The first kappa shape index (κ1) is 15.0. The van der Waals surface area contributed by atoms with Crippen molar-refractivity contribution in [2.75, 3.05) is 6.54 Å². The maximum Gasteiger partial charge on any atom is 0.264 e. The van der Waals surface area contributed by atoms with Gasteiger partial charge in [0, 0.05) is 22.7 Å². The fourth-order valence-corrected chi connectivity index (χ4v) is 3.93. The number of likely N-dealkylation sites (tertiary alicyclic amines) is 1. The Balaban J connectivity index is 1.90. The van der Waals surface area contributed by atoms with Crippen molar-refractivity contribution >= 4 is 33.2 Å². The molecular formula is C16H17FN2O2S. The third-order valence-electron chi connectivity index (χ3n) is 4.26. The molecule has 6 heteroatoms. The molecule has 2 atom stereocenters. The van der Waals surface area contributed by atoms with E-state index in [1.807, 2.05) is 6.92 Å². The van der Waals surface area contributed by atoms with Gasteiger partial charge in [-0.25, -0.2) is 4.39 Å². The summed E-state index contributed by atoms with van der Waals surface area (Å²) in [5, 5.41) is 0.465. The average Bonchev–Trinajstić information content (AvgIpc) is 2.92. The minimum atomic E-state index is -0.368. The van der Waals surface area contributed by atoms with Crippen molar-refractivity contribution in [3.8, 4) is 0 Å². The monoisotopic (exact) mass is 320 g/mol. The van der Waals surface area contributed by atoms with Gasteiger partial charge >= 0.3 is 0 Å². The molecule has 0 saturated carbocycles. The Kier molecular flexibility index (Phi) is 3.87. The molecular weight excluding hydrogens is 303 g/mol. The number of carbonyl (C=O) groups excluding carboxylic acids is 2. The van der Waals surface area contributed by atoms with E-state index in [2.05, 4.69) is 0 Å². The molecule has 0 radical (unpaired) electrons. The van der Waals surface area contributed by atoms with Crippen molar-refractivity contribution in [2.45, 2.75) is 25.8 Å². The second-order valence-corrected chi connectivity index (χ2v) is 6.83. The second-order valence-electron chi connectivity index (χ2n) is 5.75. The van der Waals surface area contributed by atoms with Crippen LogP contribution in [-0.4, -0.2) is 29.3 Å². The van der Waals surface area contributed by atoms with Crippen LogP contribution in [0.15, 0.2) is 24.3 Å². The van der Waals surface area contributed by atoms with Crippen molar-refractivity contribution in [2.24, 2.45) is 11.7 Å². The number of primary amides is 1. The number of hydrogen-bond acceptors (Lipinski definition) is 3. The summed E-state index contributed by atoms with van der Waals surface area (Å²) in [4.78, 5) is 26.3. The summed E-state index contributed by atoms with van der Waals surface area (Å²) in [7, 11) is 0. The van der Waals surface area contributed by atoms with Gasteiger partial charge in [-0.2, -0.15) is 0 Å². The molecule has 1 aromatic heterocycles. The minimum Gasteiger partial charge on any atom is -0.369 e. The number of benzene rings is 1. The largest absolute Gasteiger partial charge is 0.369 e. The van der Waals surface area contributed by atoms with Gasteiger partial charge in [0.2, 0.25) is 5.91 Å². The van der Waals surface area contributed by atoms with Crippen LogP contribution in [0.2, 0.25) is 0 Å². The number of thiophene rings is 1. The van der Waals surface area contributed by atoms with E-state index in [9.17, 15) is 14.0 Å². The molecule has 1 saturated heterocycles. The number of nitrogens with zero attached hydrogens (tertiary/aromatic N) is 1. The maximum atomic E-state index is 13.8. The highest BCUT2D eigenvalue weighted by atomic mass is 32.1. The van der Waals surface area contributed by atoms with Gasteiger partial charge in [-0.15, -0.1) is 11.3 Å². The Hall–Kier alpha value is -1.95. The lowest BCUT2D eigenvalue weighted by Crippen LogP contribution is -2.48. The van der Waals surface area contributed by atoms with Gasteiger partial charge in [0.25, 0.3) is 5.91 Å². The van der Waals surface area contributed by atoms with Crippen LogP contribution >= 0.6 is 11.3 Å². The van der Waals surface area contributed by atoms with E-state index < -0.39 is 0 Å². The molecule has 0 spiro atoms. The van der Waals surface area contributed by atoms with E-state index in [0.29, 0.717) is 23.2 Å². The molecule has 2 heterocycles. The number of amides is 2. The van der Waals surface area contributed by atoms with Gasteiger partial charge in [0.1, 0.15) is 5.82 Å². The summed E-state index contributed by atoms with van der Waals surface area (Å²) in [6.07, 6.45) is 1.46. The zero-order chi connectivity index (χ0) is 15.9. The highest BCUT2D eigenvalue weighted by Gasteiger charge is 2.32. The van der Waals surface area contributed by atoms with Crippen LogP contribution in [0, 0.1) is 11.7 Å². The standard InChI is InChI=1S/C16H17FN2O2S/c1-9-5-6-10(15(18)20)8-19(9)16(21)14-7-11-12(17)3-2-4-13(11)22-14/h2-4,7,9-10H,5-6,8H2,1H3,(H2,18,20). The van der Waals surface area contributed by atoms with Crippen LogP contribution < -0.4 is 5.73 Å². The molecule has 0 aliphatic carbocycles. The molecule has 116 valence electrons. The Morgan fingerprint density at radius 1 is 1.36 bits per heavy atom. The summed E-state index contributed by atoms with van der Waals surface area (Å²) in [5.74, 6) is -1.15. The average molecular weight is 320 g/mol. The predicted octanol–water partition coefficient (Wildman–Crippen LogP) is 2.77. The minimum absolute atomic E-state index is 0.0539. The van der Waals surface area contributed by atoms with Crippen molar-refractivity contribution in [3.05, 3.63) is 35.0 Å². The fraction of sp³-hybridized carbons (Fsp3) is 0.375. The van der Waals surface area contributed by atoms with Crippen molar-refractivity contribution in [1.29, 1.82) is 0 Å². The van der Waals surface area contributed by atoms with Crippen LogP contribution in [0.1, 0.15) is 29.4 Å². The predicted molar refractivity (Wildman–Crippen MR) is 84.2 cm³/mol. The van der Waals surface area contributed by atoms with Crippen molar-refractivity contribution < 1.29 is 14.0 Å². The second kappa shape index (κ2) is 5.68. The van der Waals surface area contributed by atoms with Gasteiger partial charge < -0.3 is 10.6 Å². The molecule has 2 aromatic rings. The number of halogens is 1. The topological polar surface area (TPSA) is 63.4 Å². The SMILES string of the molecule is CC1CCC(C(N)=O)CN1C(=O)c1cc2c(F)cccc2s1. The Labute approximate surface area is 131 Å². The van der Waals surface area contributed by atoms with Gasteiger partial charge in [-0.3, -0.25) is 9.59 Å². The maximum absolute atomic E-state index is 13.8. The molecule has 1 aliphatic rings. The first-order valence-corrected chi connectivity index (χ1v) is 8.07. The highest BCUT2D eigenvalue weighted by Crippen LogP contribution is 2.31. The molecule has 3 rings (SSSR count). The summed E-state index contributed by atoms with van der Waals surface area (Å²) < 4.78 is 14.5. The molecule has 4 nitrogen and oxygen atoms in total.